The van der Waals surface area contributed by atoms with Crippen LogP contribution in [-0.2, 0) is 27.6 Å². The second kappa shape index (κ2) is 7.23. The average Bonchev–Trinajstić information content (AvgIpc) is 3.09. The standard InChI is InChI=1S/C19H25N3O3S/c1-14-18(12-21(3)19(23)11-16-7-5-4-6-8-16)15(2)22(20-14)17-9-10-26(24,25)13-17/h4-8,17H,9-13H2,1-3H3/t17-/m0/s1. The zero-order chi connectivity index (χ0) is 18.9. The van der Waals surface area contributed by atoms with Crippen LogP contribution in [0.4, 0.5) is 0 Å². The molecule has 0 saturated carbocycles. The molecule has 2 heterocycles. The molecule has 3 rings (SSSR count). The summed E-state index contributed by atoms with van der Waals surface area (Å²) in [4.78, 5) is 14.2. The van der Waals surface area contributed by atoms with Gasteiger partial charge in [-0.2, -0.15) is 5.10 Å². The Morgan fingerprint density at radius 1 is 1.27 bits per heavy atom. The smallest absolute Gasteiger partial charge is 0.227 e. The van der Waals surface area contributed by atoms with E-state index in [1.54, 1.807) is 11.9 Å². The fourth-order valence-electron chi connectivity index (χ4n) is 3.48. The molecule has 1 aliphatic rings. The van der Waals surface area contributed by atoms with E-state index in [1.165, 1.54) is 0 Å². The molecule has 1 aliphatic heterocycles. The fourth-order valence-corrected chi connectivity index (χ4v) is 5.17. The molecule has 7 heteroatoms. The number of aromatic nitrogens is 2. The SMILES string of the molecule is Cc1nn([C@H]2CCS(=O)(=O)C2)c(C)c1CN(C)C(=O)Cc1ccccc1. The van der Waals surface area contributed by atoms with Crippen LogP contribution in [0.3, 0.4) is 0 Å². The Morgan fingerprint density at radius 2 is 1.96 bits per heavy atom. The summed E-state index contributed by atoms with van der Waals surface area (Å²) in [6.07, 6.45) is 0.969. The highest BCUT2D eigenvalue weighted by Gasteiger charge is 2.31. The van der Waals surface area contributed by atoms with Gasteiger partial charge in [0, 0.05) is 24.8 Å². The highest BCUT2D eigenvalue weighted by molar-refractivity contribution is 7.91. The van der Waals surface area contributed by atoms with Crippen LogP contribution in [0.15, 0.2) is 30.3 Å². The summed E-state index contributed by atoms with van der Waals surface area (Å²) in [5, 5.41) is 4.57. The molecule has 0 bridgehead atoms. The van der Waals surface area contributed by atoms with Crippen LogP contribution in [0.1, 0.15) is 35.0 Å². The molecule has 2 aromatic rings. The monoisotopic (exact) mass is 375 g/mol. The van der Waals surface area contributed by atoms with Gasteiger partial charge in [-0.1, -0.05) is 30.3 Å². The van der Waals surface area contributed by atoms with Gasteiger partial charge in [-0.05, 0) is 25.8 Å². The van der Waals surface area contributed by atoms with Gasteiger partial charge in [-0.3, -0.25) is 9.48 Å². The van der Waals surface area contributed by atoms with Gasteiger partial charge in [0.25, 0.3) is 0 Å². The lowest BCUT2D eigenvalue weighted by atomic mass is 10.1. The third-order valence-corrected chi connectivity index (χ3v) is 6.80. The summed E-state index contributed by atoms with van der Waals surface area (Å²) in [6.45, 7) is 4.34. The Bertz CT molecular complexity index is 904. The van der Waals surface area contributed by atoms with Crippen molar-refractivity contribution in [2.45, 2.75) is 39.3 Å². The highest BCUT2D eigenvalue weighted by Crippen LogP contribution is 2.27. The van der Waals surface area contributed by atoms with Gasteiger partial charge >= 0.3 is 0 Å². The van der Waals surface area contributed by atoms with E-state index in [2.05, 4.69) is 5.10 Å². The first-order valence-corrected chi connectivity index (χ1v) is 10.6. The number of rotatable bonds is 5. The van der Waals surface area contributed by atoms with E-state index in [-0.39, 0.29) is 23.5 Å². The van der Waals surface area contributed by atoms with E-state index in [9.17, 15) is 13.2 Å². The lowest BCUT2D eigenvalue weighted by Gasteiger charge is -2.18. The first-order valence-electron chi connectivity index (χ1n) is 8.80. The van der Waals surface area contributed by atoms with Gasteiger partial charge in [0.15, 0.2) is 9.84 Å². The van der Waals surface area contributed by atoms with E-state index in [0.29, 0.717) is 19.4 Å². The summed E-state index contributed by atoms with van der Waals surface area (Å²) < 4.78 is 25.4. The Labute approximate surface area is 154 Å². The number of amides is 1. The molecule has 26 heavy (non-hydrogen) atoms. The second-order valence-electron chi connectivity index (χ2n) is 7.06. The van der Waals surface area contributed by atoms with Gasteiger partial charge in [0.2, 0.25) is 5.91 Å². The molecule has 140 valence electrons. The fraction of sp³-hybridized carbons (Fsp3) is 0.474. The van der Waals surface area contributed by atoms with Crippen LogP contribution >= 0.6 is 0 Å². The van der Waals surface area contributed by atoms with Crippen molar-refractivity contribution in [2.75, 3.05) is 18.6 Å². The minimum Gasteiger partial charge on any atom is -0.341 e. The first-order chi connectivity index (χ1) is 12.3. The van der Waals surface area contributed by atoms with Crippen molar-refractivity contribution in [3.8, 4) is 0 Å². The number of sulfone groups is 1. The Morgan fingerprint density at radius 3 is 2.58 bits per heavy atom. The third-order valence-electron chi connectivity index (χ3n) is 5.05. The minimum absolute atomic E-state index is 0.0474. The summed E-state index contributed by atoms with van der Waals surface area (Å²) in [6, 6.07) is 9.58. The first kappa shape index (κ1) is 18.6. The van der Waals surface area contributed by atoms with Gasteiger partial charge in [0.05, 0.1) is 29.7 Å². The molecule has 0 aliphatic carbocycles. The predicted octanol–water partition coefficient (Wildman–Crippen LogP) is 2.06. The maximum Gasteiger partial charge on any atom is 0.227 e. The molecule has 0 N–H and O–H groups in total. The minimum atomic E-state index is -2.96. The zero-order valence-electron chi connectivity index (χ0n) is 15.5. The lowest BCUT2D eigenvalue weighted by Crippen LogP contribution is -2.28. The average molecular weight is 375 g/mol. The van der Waals surface area contributed by atoms with Crippen molar-refractivity contribution in [1.29, 1.82) is 0 Å². The number of carbonyl (C=O) groups excluding carboxylic acids is 1. The Hall–Kier alpha value is -2.15. The van der Waals surface area contributed by atoms with Crippen molar-refractivity contribution in [3.05, 3.63) is 52.8 Å². The zero-order valence-corrected chi connectivity index (χ0v) is 16.3. The normalized spacial score (nSPS) is 18.8. The topological polar surface area (TPSA) is 72.3 Å². The van der Waals surface area contributed by atoms with Crippen molar-refractivity contribution in [1.82, 2.24) is 14.7 Å². The maximum absolute atomic E-state index is 12.5. The lowest BCUT2D eigenvalue weighted by molar-refractivity contribution is -0.129. The van der Waals surface area contributed by atoms with Gasteiger partial charge in [0.1, 0.15) is 0 Å². The number of likely N-dealkylation sites (N-methyl/N-ethyl adjacent to an activating group) is 1. The number of hydrogen-bond donors (Lipinski definition) is 0. The second-order valence-corrected chi connectivity index (χ2v) is 9.29. The molecule has 1 aromatic heterocycles. The van der Waals surface area contributed by atoms with Crippen LogP contribution < -0.4 is 0 Å². The molecule has 1 saturated heterocycles. The number of nitrogens with zero attached hydrogens (tertiary/aromatic N) is 3. The van der Waals surface area contributed by atoms with Crippen LogP contribution in [0.25, 0.3) is 0 Å². The summed E-state index contributed by atoms with van der Waals surface area (Å²) in [5.74, 6) is 0.420. The van der Waals surface area contributed by atoms with Crippen LogP contribution in [0.5, 0.6) is 0 Å². The molecular weight excluding hydrogens is 350 g/mol. The van der Waals surface area contributed by atoms with E-state index in [0.717, 1.165) is 22.5 Å². The molecular formula is C19H25N3O3S. The number of carbonyl (C=O) groups is 1. The molecule has 0 unspecified atom stereocenters. The molecule has 0 radical (unpaired) electrons. The molecule has 1 fully saturated rings. The van der Waals surface area contributed by atoms with Gasteiger partial charge in [-0.15, -0.1) is 0 Å². The summed E-state index contributed by atoms with van der Waals surface area (Å²) in [7, 11) is -1.17. The highest BCUT2D eigenvalue weighted by atomic mass is 32.2. The largest absolute Gasteiger partial charge is 0.341 e. The van der Waals surface area contributed by atoms with Crippen LogP contribution in [0, 0.1) is 13.8 Å². The summed E-state index contributed by atoms with van der Waals surface area (Å²) >= 11 is 0. The molecule has 0 spiro atoms. The van der Waals surface area contributed by atoms with E-state index < -0.39 is 9.84 Å². The van der Waals surface area contributed by atoms with Crippen LogP contribution in [-0.4, -0.2) is 47.6 Å². The number of benzene rings is 1. The molecule has 1 aromatic carbocycles. The van der Waals surface area contributed by atoms with E-state index in [1.807, 2.05) is 48.9 Å². The molecule has 6 nitrogen and oxygen atoms in total. The number of aryl methyl sites for hydroxylation is 1. The Kier molecular flexibility index (Phi) is 5.18. The van der Waals surface area contributed by atoms with E-state index in [4.69, 9.17) is 0 Å². The molecule has 1 amide bonds. The third kappa shape index (κ3) is 3.98. The van der Waals surface area contributed by atoms with Crippen molar-refractivity contribution < 1.29 is 13.2 Å². The number of hydrogen-bond acceptors (Lipinski definition) is 4. The summed E-state index contributed by atoms with van der Waals surface area (Å²) in [5.41, 5.74) is 3.79. The van der Waals surface area contributed by atoms with Crippen LogP contribution in [0.2, 0.25) is 0 Å². The van der Waals surface area contributed by atoms with Crippen molar-refractivity contribution >= 4 is 15.7 Å². The Balaban J connectivity index is 1.72. The van der Waals surface area contributed by atoms with E-state index >= 15 is 0 Å². The van der Waals surface area contributed by atoms with Gasteiger partial charge in [-0.25, -0.2) is 8.42 Å². The molecule has 1 atom stereocenters. The van der Waals surface area contributed by atoms with Gasteiger partial charge < -0.3 is 4.90 Å². The maximum atomic E-state index is 12.5. The predicted molar refractivity (Wildman–Crippen MR) is 101 cm³/mol. The van der Waals surface area contributed by atoms with Crippen molar-refractivity contribution in [3.63, 3.8) is 0 Å². The van der Waals surface area contributed by atoms with Crippen molar-refractivity contribution in [2.24, 2.45) is 0 Å². The quantitative estimate of drug-likeness (QED) is 0.802.